The lowest BCUT2D eigenvalue weighted by atomic mass is 10.0. The van der Waals surface area contributed by atoms with Crippen molar-refractivity contribution in [3.05, 3.63) is 104 Å². The van der Waals surface area contributed by atoms with Crippen molar-refractivity contribution in [2.45, 2.75) is 0 Å². The average molecular weight is 464 g/mol. The summed E-state index contributed by atoms with van der Waals surface area (Å²) in [4.78, 5) is 62.1. The molecule has 10 heteroatoms. The van der Waals surface area contributed by atoms with E-state index in [4.69, 9.17) is 11.6 Å². The van der Waals surface area contributed by atoms with E-state index in [2.05, 4.69) is 5.32 Å². The van der Waals surface area contributed by atoms with Crippen molar-refractivity contribution in [1.29, 1.82) is 0 Å². The summed E-state index contributed by atoms with van der Waals surface area (Å²) in [6.45, 7) is -0.594. The Morgan fingerprint density at radius 1 is 0.909 bits per heavy atom. The van der Waals surface area contributed by atoms with E-state index in [0.29, 0.717) is 0 Å². The Labute approximate surface area is 191 Å². The predicted molar refractivity (Wildman–Crippen MR) is 118 cm³/mol. The zero-order valence-electron chi connectivity index (χ0n) is 16.8. The highest BCUT2D eigenvalue weighted by atomic mass is 35.5. The first-order valence-electron chi connectivity index (χ1n) is 9.60. The number of hydrogen-bond donors (Lipinski definition) is 1. The molecule has 0 atom stereocenters. The summed E-state index contributed by atoms with van der Waals surface area (Å²) in [6.07, 6.45) is 0. The van der Waals surface area contributed by atoms with Crippen molar-refractivity contribution in [3.63, 3.8) is 0 Å². The number of non-ortho nitro benzene ring substituents is 1. The number of ketones is 1. The van der Waals surface area contributed by atoms with Gasteiger partial charge in [0.25, 0.3) is 17.5 Å². The fourth-order valence-corrected chi connectivity index (χ4v) is 3.67. The first-order valence-corrected chi connectivity index (χ1v) is 9.98. The Hall–Kier alpha value is -4.37. The van der Waals surface area contributed by atoms with Crippen LogP contribution in [0.5, 0.6) is 0 Å². The molecule has 33 heavy (non-hydrogen) atoms. The van der Waals surface area contributed by atoms with Gasteiger partial charge in [-0.05, 0) is 30.3 Å². The van der Waals surface area contributed by atoms with Crippen molar-refractivity contribution < 1.29 is 24.1 Å². The van der Waals surface area contributed by atoms with Gasteiger partial charge in [0.2, 0.25) is 5.91 Å². The Kier molecular flexibility index (Phi) is 5.72. The number of carbonyl (C=O) groups is 4. The van der Waals surface area contributed by atoms with Crippen molar-refractivity contribution >= 4 is 46.5 Å². The standard InChI is InChI=1S/C23H14ClN3O6/c24-18-8-4-3-7-16(18)21(29)17-11-13(27(32)33)9-10-19(17)25-20(28)12-26-22(30)14-5-1-2-6-15(14)23(26)31/h1-11H,12H2,(H,25,28). The van der Waals surface area contributed by atoms with Crippen molar-refractivity contribution in [2.75, 3.05) is 11.9 Å². The summed E-state index contributed by atoms with van der Waals surface area (Å²) >= 11 is 6.10. The number of nitrogens with one attached hydrogen (secondary N) is 1. The third-order valence-electron chi connectivity index (χ3n) is 5.03. The van der Waals surface area contributed by atoms with Crippen LogP contribution in [0.1, 0.15) is 36.6 Å². The van der Waals surface area contributed by atoms with Crippen LogP contribution in [0.2, 0.25) is 5.02 Å². The summed E-state index contributed by atoms with van der Waals surface area (Å²) in [5.41, 5.74) is -0.0557. The number of nitro groups is 1. The molecule has 0 aliphatic carbocycles. The number of carbonyl (C=O) groups excluding carboxylic acids is 4. The second-order valence-corrected chi connectivity index (χ2v) is 7.49. The molecule has 9 nitrogen and oxygen atoms in total. The molecule has 0 saturated carbocycles. The molecule has 0 unspecified atom stereocenters. The van der Waals surface area contributed by atoms with Crippen LogP contribution >= 0.6 is 11.6 Å². The fraction of sp³-hybridized carbons (Fsp3) is 0.0435. The van der Waals surface area contributed by atoms with Crippen LogP contribution in [0.25, 0.3) is 0 Å². The number of fused-ring (bicyclic) bond motifs is 1. The lowest BCUT2D eigenvalue weighted by molar-refractivity contribution is -0.384. The van der Waals surface area contributed by atoms with Crippen LogP contribution in [0.4, 0.5) is 11.4 Å². The lowest BCUT2D eigenvalue weighted by Crippen LogP contribution is -2.37. The third-order valence-corrected chi connectivity index (χ3v) is 5.36. The van der Waals surface area contributed by atoms with E-state index in [-0.39, 0.29) is 38.7 Å². The van der Waals surface area contributed by atoms with Crippen LogP contribution < -0.4 is 5.32 Å². The van der Waals surface area contributed by atoms with E-state index in [1.54, 1.807) is 24.3 Å². The minimum absolute atomic E-state index is 0.0212. The number of nitro benzene ring substituents is 1. The number of amides is 3. The van der Waals surface area contributed by atoms with Gasteiger partial charge in [0.1, 0.15) is 6.54 Å². The molecule has 0 bridgehead atoms. The number of imide groups is 1. The van der Waals surface area contributed by atoms with Crippen LogP contribution in [-0.2, 0) is 4.79 Å². The van der Waals surface area contributed by atoms with E-state index < -0.39 is 35.0 Å². The molecule has 0 aromatic heterocycles. The highest BCUT2D eigenvalue weighted by Crippen LogP contribution is 2.28. The minimum atomic E-state index is -0.758. The molecule has 0 saturated heterocycles. The highest BCUT2D eigenvalue weighted by Gasteiger charge is 2.36. The SMILES string of the molecule is O=C(CN1C(=O)c2ccccc2C1=O)Nc1ccc([N+](=O)[O-])cc1C(=O)c1ccccc1Cl. The molecule has 1 aliphatic rings. The quantitative estimate of drug-likeness (QED) is 0.257. The molecule has 3 aromatic carbocycles. The van der Waals surface area contributed by atoms with Gasteiger partial charge in [0.05, 0.1) is 32.3 Å². The summed E-state index contributed by atoms with van der Waals surface area (Å²) in [7, 11) is 0. The minimum Gasteiger partial charge on any atom is -0.324 e. The van der Waals surface area contributed by atoms with Gasteiger partial charge >= 0.3 is 0 Å². The summed E-state index contributed by atoms with van der Waals surface area (Å²) in [5, 5.41) is 13.8. The Morgan fingerprint density at radius 3 is 2.12 bits per heavy atom. The summed E-state index contributed by atoms with van der Waals surface area (Å²) < 4.78 is 0. The molecule has 1 N–H and O–H groups in total. The number of nitrogens with zero attached hydrogens (tertiary/aromatic N) is 2. The largest absolute Gasteiger partial charge is 0.324 e. The molecule has 0 spiro atoms. The Balaban J connectivity index is 1.62. The maximum atomic E-state index is 13.1. The monoisotopic (exact) mass is 463 g/mol. The van der Waals surface area contributed by atoms with Crippen molar-refractivity contribution in [3.8, 4) is 0 Å². The van der Waals surface area contributed by atoms with Gasteiger partial charge in [0.15, 0.2) is 5.78 Å². The second kappa shape index (κ2) is 8.64. The van der Waals surface area contributed by atoms with Crippen molar-refractivity contribution in [2.24, 2.45) is 0 Å². The maximum Gasteiger partial charge on any atom is 0.270 e. The summed E-state index contributed by atoms with van der Waals surface area (Å²) in [6, 6.07) is 15.7. The van der Waals surface area contributed by atoms with Gasteiger partial charge in [-0.1, -0.05) is 35.9 Å². The fourth-order valence-electron chi connectivity index (χ4n) is 3.45. The Bertz CT molecular complexity index is 1320. The molecule has 0 fully saturated rings. The van der Waals surface area contributed by atoms with Crippen LogP contribution in [0, 0.1) is 10.1 Å². The van der Waals surface area contributed by atoms with E-state index in [1.165, 1.54) is 30.3 Å². The predicted octanol–water partition coefficient (Wildman–Crippen LogP) is 3.71. The van der Waals surface area contributed by atoms with Gasteiger partial charge in [-0.25, -0.2) is 0 Å². The molecule has 1 heterocycles. The smallest absolute Gasteiger partial charge is 0.270 e. The molecule has 1 aliphatic heterocycles. The molecule has 164 valence electrons. The third kappa shape index (κ3) is 4.09. The molecule has 3 aromatic rings. The number of hydrogen-bond acceptors (Lipinski definition) is 6. The Morgan fingerprint density at radius 2 is 1.52 bits per heavy atom. The van der Waals surface area contributed by atoms with E-state index in [0.717, 1.165) is 17.0 Å². The first-order chi connectivity index (χ1) is 15.8. The van der Waals surface area contributed by atoms with E-state index in [9.17, 15) is 29.3 Å². The zero-order valence-corrected chi connectivity index (χ0v) is 17.5. The average Bonchev–Trinajstić information content (AvgIpc) is 3.04. The molecule has 4 rings (SSSR count). The van der Waals surface area contributed by atoms with E-state index >= 15 is 0 Å². The molecule has 3 amide bonds. The topological polar surface area (TPSA) is 127 Å². The van der Waals surface area contributed by atoms with Gasteiger partial charge in [-0.2, -0.15) is 0 Å². The van der Waals surface area contributed by atoms with Gasteiger partial charge in [-0.3, -0.25) is 34.2 Å². The number of benzene rings is 3. The van der Waals surface area contributed by atoms with Gasteiger partial charge < -0.3 is 5.32 Å². The molecular formula is C23H14ClN3O6. The zero-order chi connectivity index (χ0) is 23.7. The first kappa shape index (κ1) is 21.8. The van der Waals surface area contributed by atoms with Crippen molar-refractivity contribution in [1.82, 2.24) is 4.90 Å². The van der Waals surface area contributed by atoms with Crippen LogP contribution in [0.3, 0.4) is 0 Å². The van der Waals surface area contributed by atoms with Gasteiger partial charge in [-0.15, -0.1) is 0 Å². The summed E-state index contributed by atoms with van der Waals surface area (Å²) in [5.74, 6) is -2.62. The van der Waals surface area contributed by atoms with Gasteiger partial charge in [0, 0.05) is 17.7 Å². The number of anilines is 1. The normalized spacial score (nSPS) is 12.5. The maximum absolute atomic E-state index is 13.1. The van der Waals surface area contributed by atoms with E-state index in [1.807, 2.05) is 0 Å². The molecular weight excluding hydrogens is 450 g/mol. The number of rotatable bonds is 6. The second-order valence-electron chi connectivity index (χ2n) is 7.09. The van der Waals surface area contributed by atoms with Crippen LogP contribution in [-0.4, -0.2) is 39.9 Å². The molecule has 0 radical (unpaired) electrons. The van der Waals surface area contributed by atoms with Crippen LogP contribution in [0.15, 0.2) is 66.7 Å². The lowest BCUT2D eigenvalue weighted by Gasteiger charge is -2.15. The number of halogens is 1. The highest BCUT2D eigenvalue weighted by molar-refractivity contribution is 6.35.